The van der Waals surface area contributed by atoms with Crippen LogP contribution in [0.4, 0.5) is 0 Å². The number of unbranched alkanes of at least 4 members (excludes halogenated alkanes) is 4. The average Bonchev–Trinajstić information content (AvgIpc) is 2.47. The average molecular weight is 274 g/mol. The van der Waals surface area contributed by atoms with Gasteiger partial charge in [0.2, 0.25) is 12.2 Å². The molecule has 0 saturated heterocycles. The summed E-state index contributed by atoms with van der Waals surface area (Å²) in [6.07, 6.45) is 8.48. The maximum absolute atomic E-state index is 11.7. The van der Waals surface area contributed by atoms with Crippen LogP contribution < -0.4 is 5.32 Å². The van der Waals surface area contributed by atoms with Crippen LogP contribution >= 0.6 is 0 Å². The molecule has 1 aromatic rings. The van der Waals surface area contributed by atoms with Crippen molar-refractivity contribution in [1.82, 2.24) is 5.32 Å². The number of amides is 1. The van der Waals surface area contributed by atoms with Crippen LogP contribution in [0, 0.1) is 0 Å². The topological polar surface area (TPSA) is 46.2 Å². The zero-order chi connectivity index (χ0) is 14.6. The molecular weight excluding hydrogens is 250 g/mol. The third-order valence-corrected chi connectivity index (χ3v) is 3.27. The van der Waals surface area contributed by atoms with Crippen molar-refractivity contribution in [2.75, 3.05) is 0 Å². The lowest BCUT2D eigenvalue weighted by Crippen LogP contribution is -2.37. The first kappa shape index (κ1) is 16.4. The predicted octanol–water partition coefficient (Wildman–Crippen LogP) is 3.18. The van der Waals surface area contributed by atoms with E-state index < -0.39 is 6.04 Å². The first-order valence-corrected chi connectivity index (χ1v) is 7.47. The van der Waals surface area contributed by atoms with Crippen LogP contribution in [0.3, 0.4) is 0 Å². The number of hydrogen-bond donors (Lipinski definition) is 1. The number of rotatable bonds is 10. The highest BCUT2D eigenvalue weighted by atomic mass is 16.2. The Morgan fingerprint density at radius 1 is 1.15 bits per heavy atom. The van der Waals surface area contributed by atoms with E-state index in [4.69, 9.17) is 0 Å². The molecule has 0 unspecified atom stereocenters. The van der Waals surface area contributed by atoms with E-state index >= 15 is 0 Å². The number of carbonyl (C=O) groups is 1. The smallest absolute Gasteiger partial charge is 0.223 e. The van der Waals surface area contributed by atoms with Crippen molar-refractivity contribution in [1.29, 1.82) is 0 Å². The van der Waals surface area contributed by atoms with Crippen molar-refractivity contribution in [3.63, 3.8) is 0 Å². The molecule has 109 valence electrons. The Morgan fingerprint density at radius 2 is 1.85 bits per heavy atom. The third kappa shape index (κ3) is 7.07. The molecule has 0 aliphatic rings. The quantitative estimate of drug-likeness (QED) is 0.666. The fourth-order valence-corrected chi connectivity index (χ4v) is 2.13. The van der Waals surface area contributed by atoms with E-state index in [1.165, 1.54) is 19.3 Å². The summed E-state index contributed by atoms with van der Waals surface area (Å²) >= 11 is 0. The fraction of sp³-hybridized carbons (Fsp3) is 0.529. The summed E-state index contributed by atoms with van der Waals surface area (Å²) in [6, 6.07) is 9.13. The third-order valence-electron chi connectivity index (χ3n) is 3.27. The second kappa shape index (κ2) is 10.2. The van der Waals surface area contributed by atoms with Crippen LogP contribution in [0.2, 0.25) is 0 Å². The van der Waals surface area contributed by atoms with Crippen molar-refractivity contribution in [3.05, 3.63) is 35.9 Å². The number of nitrogens with one attached hydrogen (secondary N) is 1. The highest BCUT2D eigenvalue weighted by Crippen LogP contribution is 2.06. The van der Waals surface area contributed by atoms with Crippen LogP contribution in [-0.2, 0) is 16.0 Å². The van der Waals surface area contributed by atoms with Gasteiger partial charge in [0.15, 0.2) is 0 Å². The molecule has 0 spiro atoms. The maximum Gasteiger partial charge on any atom is 0.223 e. The minimum atomic E-state index is -0.541. The number of benzene rings is 1. The van der Waals surface area contributed by atoms with E-state index in [0.29, 0.717) is 12.8 Å². The van der Waals surface area contributed by atoms with Crippen LogP contribution in [0.15, 0.2) is 30.3 Å². The van der Waals surface area contributed by atoms with E-state index in [1.54, 1.807) is 0 Å². The Balaban J connectivity index is 2.26. The lowest BCUT2D eigenvalue weighted by Gasteiger charge is -2.12. The summed E-state index contributed by atoms with van der Waals surface area (Å²) in [5, 5.41) is 2.74. The first-order valence-electron chi connectivity index (χ1n) is 7.47. The van der Waals surface area contributed by atoms with Gasteiger partial charge in [-0.3, -0.25) is 9.59 Å². The van der Waals surface area contributed by atoms with Gasteiger partial charge in [-0.1, -0.05) is 62.9 Å². The lowest BCUT2D eigenvalue weighted by atomic mass is 10.1. The van der Waals surface area contributed by atoms with E-state index in [9.17, 15) is 9.59 Å². The zero-order valence-corrected chi connectivity index (χ0v) is 12.2. The molecule has 3 nitrogen and oxygen atoms in total. The Hall–Kier alpha value is -1.64. The monoisotopic (exact) mass is 274 g/mol. The summed E-state index contributed by atoms with van der Waals surface area (Å²) in [5.41, 5.74) is 1.03. The Kier molecular flexibility index (Phi) is 8.36. The number of hydrogen-bond acceptors (Lipinski definition) is 2. The van der Waals surface area contributed by atoms with Gasteiger partial charge in [-0.2, -0.15) is 0 Å². The molecule has 0 bridgehead atoms. The summed E-state index contributed by atoms with van der Waals surface area (Å²) < 4.78 is 0. The van der Waals surface area contributed by atoms with Gasteiger partial charge >= 0.3 is 0 Å². The summed E-state index contributed by atoms with van der Waals surface area (Å²) in [5.74, 6) is -0.0502. The van der Waals surface area contributed by atoms with Crippen molar-refractivity contribution in [2.24, 2.45) is 0 Å². The molecule has 0 saturated carbocycles. The Labute approximate surface area is 121 Å². The van der Waals surface area contributed by atoms with Gasteiger partial charge in [0, 0.05) is 12.8 Å². The summed E-state index contributed by atoms with van der Waals surface area (Å²) in [4.78, 5) is 22.7. The van der Waals surface area contributed by atoms with Crippen LogP contribution in [0.25, 0.3) is 0 Å². The number of carbonyl (C=O) groups excluding carboxylic acids is 2. The highest BCUT2D eigenvalue weighted by molar-refractivity contribution is 5.79. The second-order valence-corrected chi connectivity index (χ2v) is 5.09. The molecular formula is C17H24NO2. The van der Waals surface area contributed by atoms with Crippen LogP contribution in [0.1, 0.15) is 51.0 Å². The first-order chi connectivity index (χ1) is 9.76. The molecule has 1 amide bonds. The van der Waals surface area contributed by atoms with Crippen molar-refractivity contribution in [3.8, 4) is 0 Å². The largest absolute Gasteiger partial charge is 0.345 e. The Morgan fingerprint density at radius 3 is 2.50 bits per heavy atom. The van der Waals surface area contributed by atoms with E-state index in [-0.39, 0.29) is 5.91 Å². The zero-order valence-electron chi connectivity index (χ0n) is 12.2. The van der Waals surface area contributed by atoms with Gasteiger partial charge in [-0.15, -0.1) is 0 Å². The maximum atomic E-state index is 11.7. The van der Waals surface area contributed by atoms with Gasteiger partial charge in [0.1, 0.15) is 0 Å². The van der Waals surface area contributed by atoms with Gasteiger partial charge in [0.25, 0.3) is 0 Å². The van der Waals surface area contributed by atoms with Crippen molar-refractivity contribution in [2.45, 2.75) is 57.9 Å². The second-order valence-electron chi connectivity index (χ2n) is 5.09. The van der Waals surface area contributed by atoms with E-state index in [1.807, 2.05) is 36.6 Å². The van der Waals surface area contributed by atoms with Gasteiger partial charge in [-0.05, 0) is 12.0 Å². The summed E-state index contributed by atoms with van der Waals surface area (Å²) in [7, 11) is 0. The van der Waals surface area contributed by atoms with Crippen LogP contribution in [-0.4, -0.2) is 18.2 Å². The molecule has 0 aliphatic carbocycles. The fourth-order valence-electron chi connectivity index (χ4n) is 2.13. The molecule has 3 heteroatoms. The molecule has 1 aromatic carbocycles. The lowest BCUT2D eigenvalue weighted by molar-refractivity contribution is -0.121. The molecule has 1 rings (SSSR count). The van der Waals surface area contributed by atoms with E-state index in [0.717, 1.165) is 18.4 Å². The van der Waals surface area contributed by atoms with Crippen molar-refractivity contribution >= 4 is 12.2 Å². The summed E-state index contributed by atoms with van der Waals surface area (Å²) in [6.45, 7) is 2.17. The SMILES string of the molecule is CCCCCCCC(=O)N[C@H]([C]=O)Cc1ccccc1. The molecule has 0 aliphatic heterocycles. The van der Waals surface area contributed by atoms with Crippen molar-refractivity contribution < 1.29 is 9.59 Å². The van der Waals surface area contributed by atoms with Gasteiger partial charge < -0.3 is 5.32 Å². The molecule has 1 atom stereocenters. The standard InChI is InChI=1S/C17H24NO2/c1-2-3-4-5-9-12-17(20)18-16(14-19)13-15-10-7-6-8-11-15/h6-8,10-11,16H,2-5,9,12-13H2,1H3,(H,18,20)/t16-/m0/s1. The molecule has 20 heavy (non-hydrogen) atoms. The Bertz CT molecular complexity index is 389. The van der Waals surface area contributed by atoms with Gasteiger partial charge in [-0.25, -0.2) is 0 Å². The molecule has 0 heterocycles. The highest BCUT2D eigenvalue weighted by Gasteiger charge is 2.12. The normalized spacial score (nSPS) is 11.8. The molecule has 1 radical (unpaired) electrons. The minimum Gasteiger partial charge on any atom is -0.345 e. The van der Waals surface area contributed by atoms with Crippen LogP contribution in [0.5, 0.6) is 0 Å². The predicted molar refractivity (Wildman–Crippen MR) is 81.1 cm³/mol. The molecule has 1 N–H and O–H groups in total. The molecule has 0 aromatic heterocycles. The van der Waals surface area contributed by atoms with Gasteiger partial charge in [0.05, 0.1) is 6.04 Å². The molecule has 0 fully saturated rings. The van der Waals surface area contributed by atoms with E-state index in [2.05, 4.69) is 12.2 Å². The minimum absolute atomic E-state index is 0.0502.